The fourth-order valence-electron chi connectivity index (χ4n) is 1.42. The molecule has 0 aromatic heterocycles. The zero-order chi connectivity index (χ0) is 12.8. The smallest absolute Gasteiger partial charge is 0.141 e. The van der Waals surface area contributed by atoms with Crippen molar-refractivity contribution in [3.8, 4) is 0 Å². The summed E-state index contributed by atoms with van der Waals surface area (Å²) in [6.07, 6.45) is 1.34. The zero-order valence-corrected chi connectivity index (χ0v) is 12.4. The van der Waals surface area contributed by atoms with Gasteiger partial charge in [-0.05, 0) is 47.2 Å². The lowest BCUT2D eigenvalue weighted by molar-refractivity contribution is 0.316. The molecule has 1 aromatic rings. The summed E-state index contributed by atoms with van der Waals surface area (Å²) in [4.78, 5) is 0. The van der Waals surface area contributed by atoms with Crippen LogP contribution in [0.5, 0.6) is 0 Å². The van der Waals surface area contributed by atoms with Gasteiger partial charge in [0.05, 0.1) is 10.7 Å². The molecule has 0 aliphatic carbocycles. The summed E-state index contributed by atoms with van der Waals surface area (Å²) in [5, 5.41) is 15.5. The van der Waals surface area contributed by atoms with Crippen molar-refractivity contribution in [2.24, 2.45) is 10.9 Å². The van der Waals surface area contributed by atoms with E-state index in [4.69, 9.17) is 22.5 Å². The first kappa shape index (κ1) is 14.4. The first-order chi connectivity index (χ1) is 8.06. The Kier molecular flexibility index (Phi) is 5.84. The van der Waals surface area contributed by atoms with Crippen LogP contribution < -0.4 is 11.1 Å². The van der Waals surface area contributed by atoms with Crippen LogP contribution in [0.1, 0.15) is 19.8 Å². The Hall–Kier alpha value is -0.690. The predicted octanol–water partition coefficient (Wildman–Crippen LogP) is 3.27. The van der Waals surface area contributed by atoms with Crippen molar-refractivity contribution in [1.29, 1.82) is 0 Å². The van der Waals surface area contributed by atoms with Gasteiger partial charge in [-0.25, -0.2) is 0 Å². The molecule has 1 atom stereocenters. The maximum Gasteiger partial charge on any atom is 0.141 e. The molecule has 4 N–H and O–H groups in total. The van der Waals surface area contributed by atoms with Gasteiger partial charge in [-0.3, -0.25) is 0 Å². The lowest BCUT2D eigenvalue weighted by Crippen LogP contribution is -2.26. The van der Waals surface area contributed by atoms with E-state index in [2.05, 4.69) is 33.1 Å². The van der Waals surface area contributed by atoms with Gasteiger partial charge in [0.25, 0.3) is 0 Å². The van der Waals surface area contributed by atoms with Crippen molar-refractivity contribution in [2.45, 2.75) is 25.8 Å². The third kappa shape index (κ3) is 4.59. The molecule has 94 valence electrons. The third-order valence-corrected chi connectivity index (χ3v) is 3.35. The molecule has 4 nitrogen and oxygen atoms in total. The number of hydrogen-bond donors (Lipinski definition) is 3. The molecule has 0 bridgehead atoms. The van der Waals surface area contributed by atoms with Crippen LogP contribution in [0.3, 0.4) is 0 Å². The van der Waals surface area contributed by atoms with Crippen LogP contribution in [0.25, 0.3) is 0 Å². The molecule has 0 amide bonds. The highest BCUT2D eigenvalue weighted by molar-refractivity contribution is 14.1. The second-order valence-corrected chi connectivity index (χ2v) is 5.32. The van der Waals surface area contributed by atoms with E-state index in [0.717, 1.165) is 15.7 Å². The maximum absolute atomic E-state index is 8.54. The van der Waals surface area contributed by atoms with Crippen molar-refractivity contribution >= 4 is 45.7 Å². The van der Waals surface area contributed by atoms with Crippen molar-refractivity contribution in [3.63, 3.8) is 0 Å². The normalized spacial score (nSPS) is 13.5. The summed E-state index contributed by atoms with van der Waals surface area (Å²) >= 11 is 8.33. The van der Waals surface area contributed by atoms with Crippen LogP contribution in [0.4, 0.5) is 5.69 Å². The number of nitrogens with zero attached hydrogens (tertiary/aromatic N) is 1. The highest BCUT2D eigenvalue weighted by Gasteiger charge is 2.10. The molecule has 0 fully saturated rings. The fraction of sp³-hybridized carbons (Fsp3) is 0.364. The lowest BCUT2D eigenvalue weighted by atomic mass is 10.1. The number of anilines is 1. The van der Waals surface area contributed by atoms with E-state index in [9.17, 15) is 0 Å². The summed E-state index contributed by atoms with van der Waals surface area (Å²) in [5.41, 5.74) is 6.36. The second-order valence-electron chi connectivity index (χ2n) is 3.67. The van der Waals surface area contributed by atoms with E-state index in [-0.39, 0.29) is 11.9 Å². The van der Waals surface area contributed by atoms with Crippen molar-refractivity contribution in [3.05, 3.63) is 26.8 Å². The molecule has 0 saturated carbocycles. The molecular formula is C11H15ClIN3O. The second kappa shape index (κ2) is 6.90. The molecule has 0 aliphatic rings. The first-order valence-electron chi connectivity index (χ1n) is 5.24. The number of nitrogens with two attached hydrogens (primary N) is 1. The number of nitrogens with one attached hydrogen (secondary N) is 1. The summed E-state index contributed by atoms with van der Waals surface area (Å²) in [5.74, 6) is 0.214. The van der Waals surface area contributed by atoms with Gasteiger partial charge in [-0.2, -0.15) is 0 Å². The maximum atomic E-state index is 8.54. The fourth-order valence-corrected chi connectivity index (χ4v) is 2.33. The molecule has 6 heteroatoms. The van der Waals surface area contributed by atoms with Gasteiger partial charge >= 0.3 is 0 Å². The lowest BCUT2D eigenvalue weighted by Gasteiger charge is -2.18. The molecule has 1 rings (SSSR count). The highest BCUT2D eigenvalue weighted by Crippen LogP contribution is 2.25. The summed E-state index contributed by atoms with van der Waals surface area (Å²) in [7, 11) is 0. The third-order valence-electron chi connectivity index (χ3n) is 2.37. The van der Waals surface area contributed by atoms with E-state index in [1.807, 2.05) is 25.1 Å². The minimum atomic E-state index is 0.100. The molecule has 0 saturated heterocycles. The molecule has 0 heterocycles. The standard InChI is InChI=1S/C11H15ClIN3O/c1-2-8(6-11(14)16-17)15-10-4-3-7(13)5-9(10)12/h3-5,8,15,17H,2,6H2,1H3,(H2,14,16). The Morgan fingerprint density at radius 2 is 2.35 bits per heavy atom. The van der Waals surface area contributed by atoms with Crippen LogP contribution >= 0.6 is 34.2 Å². The molecule has 1 unspecified atom stereocenters. The van der Waals surface area contributed by atoms with Crippen LogP contribution in [-0.2, 0) is 0 Å². The molecule has 17 heavy (non-hydrogen) atoms. The first-order valence-corrected chi connectivity index (χ1v) is 6.70. The molecule has 0 radical (unpaired) electrons. The number of amidine groups is 1. The van der Waals surface area contributed by atoms with Gasteiger partial charge in [0.2, 0.25) is 0 Å². The Balaban J connectivity index is 2.73. The van der Waals surface area contributed by atoms with Crippen molar-refractivity contribution in [1.82, 2.24) is 0 Å². The van der Waals surface area contributed by atoms with E-state index < -0.39 is 0 Å². The number of hydrogen-bond acceptors (Lipinski definition) is 3. The van der Waals surface area contributed by atoms with Gasteiger partial charge in [0.15, 0.2) is 0 Å². The average molecular weight is 368 g/mol. The van der Waals surface area contributed by atoms with Gasteiger partial charge in [-0.15, -0.1) is 0 Å². The van der Waals surface area contributed by atoms with Crippen LogP contribution in [0.15, 0.2) is 23.4 Å². The van der Waals surface area contributed by atoms with E-state index in [0.29, 0.717) is 11.4 Å². The Morgan fingerprint density at radius 1 is 1.65 bits per heavy atom. The zero-order valence-electron chi connectivity index (χ0n) is 9.45. The van der Waals surface area contributed by atoms with Crippen LogP contribution in [0, 0.1) is 3.57 Å². The topological polar surface area (TPSA) is 70.6 Å². The molecule has 0 spiro atoms. The predicted molar refractivity (Wildman–Crippen MR) is 79.9 cm³/mol. The summed E-state index contributed by atoms with van der Waals surface area (Å²) in [6.45, 7) is 2.03. The highest BCUT2D eigenvalue weighted by atomic mass is 127. The molecular weight excluding hydrogens is 352 g/mol. The van der Waals surface area contributed by atoms with Crippen molar-refractivity contribution in [2.75, 3.05) is 5.32 Å². The van der Waals surface area contributed by atoms with Crippen LogP contribution in [0.2, 0.25) is 5.02 Å². The number of oxime groups is 1. The summed E-state index contributed by atoms with van der Waals surface area (Å²) < 4.78 is 1.09. The quantitative estimate of drug-likeness (QED) is 0.246. The van der Waals surface area contributed by atoms with E-state index in [1.165, 1.54) is 0 Å². The Labute approximate surface area is 119 Å². The number of halogens is 2. The molecule has 1 aromatic carbocycles. The monoisotopic (exact) mass is 367 g/mol. The Morgan fingerprint density at radius 3 is 2.88 bits per heavy atom. The summed E-state index contributed by atoms with van der Waals surface area (Å²) in [6, 6.07) is 5.90. The number of benzene rings is 1. The Bertz CT molecular complexity index is 412. The van der Waals surface area contributed by atoms with Gasteiger partial charge in [0, 0.05) is 16.0 Å². The van der Waals surface area contributed by atoms with E-state index in [1.54, 1.807) is 0 Å². The SMILES string of the molecule is CCC(C/C(N)=N/O)Nc1ccc(I)cc1Cl. The minimum Gasteiger partial charge on any atom is -0.409 e. The number of rotatable bonds is 5. The molecule has 0 aliphatic heterocycles. The van der Waals surface area contributed by atoms with Gasteiger partial charge < -0.3 is 16.3 Å². The van der Waals surface area contributed by atoms with E-state index >= 15 is 0 Å². The average Bonchev–Trinajstić information content (AvgIpc) is 2.31. The van der Waals surface area contributed by atoms with Gasteiger partial charge in [-0.1, -0.05) is 23.7 Å². The minimum absolute atomic E-state index is 0.100. The largest absolute Gasteiger partial charge is 0.409 e. The van der Waals surface area contributed by atoms with Crippen LogP contribution in [-0.4, -0.2) is 17.1 Å². The van der Waals surface area contributed by atoms with Crippen molar-refractivity contribution < 1.29 is 5.21 Å². The van der Waals surface area contributed by atoms with Gasteiger partial charge in [0.1, 0.15) is 5.84 Å².